The van der Waals surface area contributed by atoms with Gasteiger partial charge in [-0.05, 0) is 18.6 Å². The van der Waals surface area contributed by atoms with E-state index in [2.05, 4.69) is 0 Å². The van der Waals surface area contributed by atoms with Crippen molar-refractivity contribution in [3.8, 4) is 0 Å². The highest BCUT2D eigenvalue weighted by Crippen LogP contribution is 2.63. The molecule has 1 unspecified atom stereocenters. The standard InChI is InChI=1S/C17H20F2N2O4/c1-2-16(8-17(16,18)19)14(23)20-5-7-25-15(9-20)10-21(11-15)13(22)12-4-3-6-24-12/h3-4,6H,2,5,7-11H2,1H3. The lowest BCUT2D eigenvalue weighted by molar-refractivity contribution is -0.184. The lowest BCUT2D eigenvalue weighted by Gasteiger charge is -2.53. The Bertz CT molecular complexity index is 700. The zero-order valence-corrected chi connectivity index (χ0v) is 14.0. The minimum absolute atomic E-state index is 0.131. The molecule has 25 heavy (non-hydrogen) atoms. The van der Waals surface area contributed by atoms with Crippen LogP contribution in [0.25, 0.3) is 0 Å². The Kier molecular flexibility index (Phi) is 3.48. The quantitative estimate of drug-likeness (QED) is 0.830. The van der Waals surface area contributed by atoms with E-state index in [0.717, 1.165) is 0 Å². The molecular formula is C17H20F2N2O4. The molecule has 6 nitrogen and oxygen atoms in total. The van der Waals surface area contributed by atoms with Crippen molar-refractivity contribution in [3.05, 3.63) is 24.2 Å². The molecule has 0 aromatic carbocycles. The fraction of sp³-hybridized carbons (Fsp3) is 0.647. The first-order valence-corrected chi connectivity index (χ1v) is 8.46. The van der Waals surface area contributed by atoms with Crippen LogP contribution in [0.3, 0.4) is 0 Å². The maximum Gasteiger partial charge on any atom is 0.289 e. The lowest BCUT2D eigenvalue weighted by Crippen LogP contribution is -2.71. The van der Waals surface area contributed by atoms with Gasteiger partial charge in [0.15, 0.2) is 5.76 Å². The number of ether oxygens (including phenoxy) is 1. The van der Waals surface area contributed by atoms with Crippen LogP contribution in [-0.2, 0) is 9.53 Å². The third-order valence-electron chi connectivity index (χ3n) is 5.62. The average molecular weight is 354 g/mol. The van der Waals surface area contributed by atoms with E-state index < -0.39 is 22.8 Å². The zero-order chi connectivity index (χ0) is 17.9. The topological polar surface area (TPSA) is 63.0 Å². The van der Waals surface area contributed by atoms with E-state index in [0.29, 0.717) is 26.2 Å². The summed E-state index contributed by atoms with van der Waals surface area (Å²) in [6.45, 7) is 3.12. The summed E-state index contributed by atoms with van der Waals surface area (Å²) < 4.78 is 38.3. The first-order chi connectivity index (χ1) is 11.8. The summed E-state index contributed by atoms with van der Waals surface area (Å²) in [5.41, 5.74) is -2.20. The number of amides is 2. The molecule has 3 heterocycles. The number of hydrogen-bond acceptors (Lipinski definition) is 4. The van der Waals surface area contributed by atoms with Crippen molar-refractivity contribution in [1.29, 1.82) is 0 Å². The number of alkyl halides is 2. The molecule has 0 bridgehead atoms. The molecule has 2 aliphatic heterocycles. The van der Waals surface area contributed by atoms with Crippen molar-refractivity contribution >= 4 is 11.8 Å². The Labute approximate surface area is 143 Å². The van der Waals surface area contributed by atoms with Crippen LogP contribution in [0.2, 0.25) is 0 Å². The van der Waals surface area contributed by atoms with Crippen LogP contribution >= 0.6 is 0 Å². The van der Waals surface area contributed by atoms with Crippen LogP contribution < -0.4 is 0 Å². The Balaban J connectivity index is 1.41. The molecule has 1 saturated carbocycles. The van der Waals surface area contributed by atoms with E-state index in [1.807, 2.05) is 0 Å². The van der Waals surface area contributed by atoms with Crippen LogP contribution in [0.5, 0.6) is 0 Å². The summed E-state index contributed by atoms with van der Waals surface area (Å²) in [7, 11) is 0. The molecule has 136 valence electrons. The van der Waals surface area contributed by atoms with E-state index >= 15 is 0 Å². The normalized spacial score (nSPS) is 29.4. The molecule has 1 spiro atoms. The number of halogens is 2. The molecule has 4 rings (SSSR count). The van der Waals surface area contributed by atoms with Crippen LogP contribution in [-0.4, -0.2) is 65.9 Å². The summed E-state index contributed by atoms with van der Waals surface area (Å²) >= 11 is 0. The number of carbonyl (C=O) groups excluding carboxylic acids is 2. The minimum Gasteiger partial charge on any atom is -0.459 e. The van der Waals surface area contributed by atoms with Crippen molar-refractivity contribution in [2.24, 2.45) is 5.41 Å². The molecule has 2 saturated heterocycles. The first-order valence-electron chi connectivity index (χ1n) is 8.46. The van der Waals surface area contributed by atoms with Crippen LogP contribution in [0.4, 0.5) is 8.78 Å². The van der Waals surface area contributed by atoms with Crippen molar-refractivity contribution in [2.75, 3.05) is 32.8 Å². The highest BCUT2D eigenvalue weighted by atomic mass is 19.3. The molecule has 1 atom stereocenters. The van der Waals surface area contributed by atoms with E-state index in [-0.39, 0.29) is 31.1 Å². The van der Waals surface area contributed by atoms with Gasteiger partial charge in [-0.2, -0.15) is 0 Å². The second kappa shape index (κ2) is 5.27. The first kappa shape index (κ1) is 16.5. The van der Waals surface area contributed by atoms with E-state index in [1.54, 1.807) is 24.0 Å². The monoisotopic (exact) mass is 354 g/mol. The smallest absolute Gasteiger partial charge is 0.289 e. The van der Waals surface area contributed by atoms with E-state index in [1.165, 1.54) is 11.2 Å². The third kappa shape index (κ3) is 2.38. The van der Waals surface area contributed by atoms with Gasteiger partial charge in [-0.1, -0.05) is 6.92 Å². The van der Waals surface area contributed by atoms with Gasteiger partial charge >= 0.3 is 0 Å². The number of morpholine rings is 1. The molecule has 1 aliphatic carbocycles. The number of hydrogen-bond donors (Lipinski definition) is 0. The average Bonchev–Trinajstić information content (AvgIpc) is 2.93. The molecular weight excluding hydrogens is 334 g/mol. The third-order valence-corrected chi connectivity index (χ3v) is 5.62. The molecule has 1 aromatic rings. The SMILES string of the molecule is CCC1(C(=O)N2CCOC3(CN(C(=O)c4ccco4)C3)C2)CC1(F)F. The van der Waals surface area contributed by atoms with Crippen LogP contribution in [0, 0.1) is 5.41 Å². The van der Waals surface area contributed by atoms with E-state index in [4.69, 9.17) is 9.15 Å². The summed E-state index contributed by atoms with van der Waals surface area (Å²) in [6, 6.07) is 3.23. The highest BCUT2D eigenvalue weighted by Gasteiger charge is 2.75. The molecule has 8 heteroatoms. The predicted molar refractivity (Wildman–Crippen MR) is 82.2 cm³/mol. The summed E-state index contributed by atoms with van der Waals surface area (Å²) in [5.74, 6) is -3.38. The summed E-state index contributed by atoms with van der Waals surface area (Å²) in [5, 5.41) is 0. The van der Waals surface area contributed by atoms with E-state index in [9.17, 15) is 18.4 Å². The van der Waals surface area contributed by atoms with Gasteiger partial charge in [-0.3, -0.25) is 9.59 Å². The Morgan fingerprint density at radius 3 is 2.48 bits per heavy atom. The molecule has 1 aromatic heterocycles. The van der Waals surface area contributed by atoms with Gasteiger partial charge in [0.2, 0.25) is 5.91 Å². The molecule has 2 amide bonds. The number of rotatable bonds is 3. The fourth-order valence-corrected chi connectivity index (χ4v) is 3.96. The number of carbonyl (C=O) groups is 2. The Hall–Kier alpha value is -1.96. The Morgan fingerprint density at radius 2 is 1.92 bits per heavy atom. The number of nitrogens with zero attached hydrogens (tertiary/aromatic N) is 2. The molecule has 3 aliphatic rings. The fourth-order valence-electron chi connectivity index (χ4n) is 3.96. The van der Waals surface area contributed by atoms with Crippen LogP contribution in [0.1, 0.15) is 30.3 Å². The van der Waals surface area contributed by atoms with Gasteiger partial charge in [0.1, 0.15) is 11.0 Å². The maximum atomic E-state index is 13.7. The molecule has 0 N–H and O–H groups in total. The van der Waals surface area contributed by atoms with Crippen molar-refractivity contribution in [1.82, 2.24) is 9.80 Å². The molecule has 0 radical (unpaired) electrons. The Morgan fingerprint density at radius 1 is 1.24 bits per heavy atom. The highest BCUT2D eigenvalue weighted by molar-refractivity contribution is 5.92. The maximum absolute atomic E-state index is 13.7. The van der Waals surface area contributed by atoms with Crippen molar-refractivity contribution in [2.45, 2.75) is 31.3 Å². The van der Waals surface area contributed by atoms with Gasteiger partial charge in [-0.15, -0.1) is 0 Å². The van der Waals surface area contributed by atoms with Gasteiger partial charge in [0, 0.05) is 13.0 Å². The van der Waals surface area contributed by atoms with Crippen molar-refractivity contribution in [3.63, 3.8) is 0 Å². The summed E-state index contributed by atoms with van der Waals surface area (Å²) in [6.07, 6.45) is 1.19. The van der Waals surface area contributed by atoms with Crippen LogP contribution in [0.15, 0.2) is 22.8 Å². The van der Waals surface area contributed by atoms with Gasteiger partial charge < -0.3 is 19.0 Å². The van der Waals surface area contributed by atoms with Crippen molar-refractivity contribution < 1.29 is 27.5 Å². The van der Waals surface area contributed by atoms with Gasteiger partial charge in [0.05, 0.1) is 32.5 Å². The minimum atomic E-state index is -2.91. The second-order valence-corrected chi connectivity index (χ2v) is 7.21. The zero-order valence-electron chi connectivity index (χ0n) is 14.0. The predicted octanol–water partition coefficient (Wildman–Crippen LogP) is 1.77. The number of likely N-dealkylation sites (tertiary alicyclic amines) is 1. The summed E-state index contributed by atoms with van der Waals surface area (Å²) in [4.78, 5) is 27.9. The second-order valence-electron chi connectivity index (χ2n) is 7.21. The van der Waals surface area contributed by atoms with Gasteiger partial charge in [-0.25, -0.2) is 8.78 Å². The largest absolute Gasteiger partial charge is 0.459 e. The number of furan rings is 1. The lowest BCUT2D eigenvalue weighted by atomic mass is 9.90. The van der Waals surface area contributed by atoms with Gasteiger partial charge in [0.25, 0.3) is 11.8 Å². The molecule has 3 fully saturated rings.